The molecule has 1 aliphatic rings. The van der Waals surface area contributed by atoms with Crippen molar-refractivity contribution in [3.8, 4) is 0 Å². The summed E-state index contributed by atoms with van der Waals surface area (Å²) in [5.74, 6) is 0.983. The highest BCUT2D eigenvalue weighted by Gasteiger charge is 2.21. The summed E-state index contributed by atoms with van der Waals surface area (Å²) in [6.45, 7) is 5.24. The van der Waals surface area contributed by atoms with Gasteiger partial charge in [-0.1, -0.05) is 18.2 Å². The van der Waals surface area contributed by atoms with Gasteiger partial charge in [0.15, 0.2) is 0 Å². The molecule has 0 bridgehead atoms. The van der Waals surface area contributed by atoms with Gasteiger partial charge in [0.05, 0.1) is 17.7 Å². The van der Waals surface area contributed by atoms with Crippen molar-refractivity contribution in [2.75, 3.05) is 26.2 Å². The Labute approximate surface area is 166 Å². The number of rotatable bonds is 6. The quantitative estimate of drug-likeness (QED) is 0.638. The molecule has 0 N–H and O–H groups in total. The van der Waals surface area contributed by atoms with Crippen molar-refractivity contribution >= 4 is 10.0 Å². The van der Waals surface area contributed by atoms with Gasteiger partial charge in [-0.15, -0.1) is 0 Å². The Hall–Kier alpha value is -2.35. The van der Waals surface area contributed by atoms with E-state index in [0.717, 1.165) is 50.6 Å². The van der Waals surface area contributed by atoms with Crippen LogP contribution < -0.4 is 0 Å². The van der Waals surface area contributed by atoms with Gasteiger partial charge in [-0.25, -0.2) is 12.4 Å². The van der Waals surface area contributed by atoms with Crippen LogP contribution in [-0.4, -0.2) is 48.4 Å². The van der Waals surface area contributed by atoms with E-state index < -0.39 is 10.0 Å². The highest BCUT2D eigenvalue weighted by Crippen LogP contribution is 2.18. The fraction of sp³-hybridized carbons (Fsp3) is 0.333. The Kier molecular flexibility index (Phi) is 5.66. The lowest BCUT2D eigenvalue weighted by Crippen LogP contribution is -2.31. The Morgan fingerprint density at radius 3 is 2.29 bits per heavy atom. The Morgan fingerprint density at radius 1 is 0.821 bits per heavy atom. The van der Waals surface area contributed by atoms with E-state index >= 15 is 0 Å². The maximum Gasteiger partial charge on any atom is 0.267 e. The second-order valence-electron chi connectivity index (χ2n) is 7.10. The monoisotopic (exact) mass is 399 g/mol. The number of furan rings is 1. The van der Waals surface area contributed by atoms with Gasteiger partial charge in [0.25, 0.3) is 10.0 Å². The third kappa shape index (κ3) is 4.22. The molecule has 0 unspecified atom stereocenters. The molecule has 28 heavy (non-hydrogen) atoms. The van der Waals surface area contributed by atoms with Gasteiger partial charge in [0, 0.05) is 31.5 Å². The highest BCUT2D eigenvalue weighted by atomic mass is 32.2. The molecule has 3 aromatic rings. The summed E-state index contributed by atoms with van der Waals surface area (Å²) in [5.41, 5.74) is 0.795. The number of hydrogen-bond acceptors (Lipinski definition) is 5. The molecule has 0 atom stereocenters. The molecule has 1 fully saturated rings. The van der Waals surface area contributed by atoms with Crippen LogP contribution in [0.4, 0.5) is 0 Å². The Morgan fingerprint density at radius 2 is 1.57 bits per heavy atom. The van der Waals surface area contributed by atoms with Crippen molar-refractivity contribution in [1.29, 1.82) is 0 Å². The molecule has 3 heterocycles. The lowest BCUT2D eigenvalue weighted by atomic mass is 10.3. The van der Waals surface area contributed by atoms with Gasteiger partial charge in [0.2, 0.25) is 0 Å². The molecule has 2 aromatic heterocycles. The molecule has 148 valence electrons. The van der Waals surface area contributed by atoms with E-state index in [1.165, 1.54) is 3.97 Å². The first-order chi connectivity index (χ1) is 13.6. The average molecular weight is 400 g/mol. The molecular formula is C21H25N3O3S. The Balaban J connectivity index is 1.44. The van der Waals surface area contributed by atoms with E-state index in [1.807, 2.05) is 24.3 Å². The number of nitrogens with zero attached hydrogens (tertiary/aromatic N) is 3. The predicted octanol–water partition coefficient (Wildman–Crippen LogP) is 3.03. The van der Waals surface area contributed by atoms with Gasteiger partial charge in [0.1, 0.15) is 5.76 Å². The molecule has 0 saturated carbocycles. The van der Waals surface area contributed by atoms with Crippen LogP contribution in [0, 0.1) is 0 Å². The molecule has 6 nitrogen and oxygen atoms in total. The number of benzene rings is 1. The molecule has 4 rings (SSSR count). The lowest BCUT2D eigenvalue weighted by Gasteiger charge is -2.22. The summed E-state index contributed by atoms with van der Waals surface area (Å²) in [6.07, 6.45) is 4.40. The predicted molar refractivity (Wildman–Crippen MR) is 107 cm³/mol. The number of hydrogen-bond donors (Lipinski definition) is 0. The van der Waals surface area contributed by atoms with Gasteiger partial charge < -0.3 is 4.42 Å². The molecule has 1 aliphatic heterocycles. The minimum Gasteiger partial charge on any atom is -0.468 e. The topological polar surface area (TPSA) is 58.7 Å². The largest absolute Gasteiger partial charge is 0.468 e. The zero-order chi connectivity index (χ0) is 19.4. The number of aromatic nitrogens is 1. The molecule has 0 spiro atoms. The van der Waals surface area contributed by atoms with E-state index in [2.05, 4.69) is 9.80 Å². The molecule has 0 radical (unpaired) electrons. The summed E-state index contributed by atoms with van der Waals surface area (Å²) in [4.78, 5) is 5.03. The minimum absolute atomic E-state index is 0.313. The molecule has 7 heteroatoms. The summed E-state index contributed by atoms with van der Waals surface area (Å²) in [6, 6.07) is 16.2. The Bertz CT molecular complexity index is 981. The molecule has 0 aliphatic carbocycles. The third-order valence-electron chi connectivity index (χ3n) is 5.12. The zero-order valence-corrected chi connectivity index (χ0v) is 16.6. The third-order valence-corrected chi connectivity index (χ3v) is 6.86. The van der Waals surface area contributed by atoms with Crippen LogP contribution in [0.3, 0.4) is 0 Å². The van der Waals surface area contributed by atoms with Crippen molar-refractivity contribution < 1.29 is 12.8 Å². The van der Waals surface area contributed by atoms with Crippen molar-refractivity contribution in [2.24, 2.45) is 0 Å². The SMILES string of the molecule is O=S(=O)(c1ccccc1)n1cccc1CN1CCCN(Cc2ccco2)CC1. The van der Waals surface area contributed by atoms with Gasteiger partial charge >= 0.3 is 0 Å². The van der Waals surface area contributed by atoms with Crippen LogP contribution in [0.1, 0.15) is 17.9 Å². The summed E-state index contributed by atoms with van der Waals surface area (Å²) in [7, 11) is -3.56. The molecule has 0 amide bonds. The first-order valence-corrected chi connectivity index (χ1v) is 11.0. The highest BCUT2D eigenvalue weighted by molar-refractivity contribution is 7.90. The fourth-order valence-electron chi connectivity index (χ4n) is 3.66. The average Bonchev–Trinajstić information content (AvgIpc) is 3.33. The van der Waals surface area contributed by atoms with Crippen LogP contribution in [0.2, 0.25) is 0 Å². The van der Waals surface area contributed by atoms with Crippen LogP contribution in [0.15, 0.2) is 76.4 Å². The van der Waals surface area contributed by atoms with E-state index in [4.69, 9.17) is 4.42 Å². The van der Waals surface area contributed by atoms with Crippen LogP contribution >= 0.6 is 0 Å². The van der Waals surface area contributed by atoms with Gasteiger partial charge in [-0.05, 0) is 55.9 Å². The first kappa shape index (κ1) is 19.0. The molecule has 1 aromatic carbocycles. The fourth-order valence-corrected chi connectivity index (χ4v) is 5.04. The second-order valence-corrected chi connectivity index (χ2v) is 8.91. The van der Waals surface area contributed by atoms with Crippen LogP contribution in [0.5, 0.6) is 0 Å². The maximum atomic E-state index is 13.0. The first-order valence-electron chi connectivity index (χ1n) is 9.57. The molecular weight excluding hydrogens is 374 g/mol. The van der Waals surface area contributed by atoms with E-state index in [1.54, 1.807) is 42.8 Å². The van der Waals surface area contributed by atoms with E-state index in [9.17, 15) is 8.42 Å². The van der Waals surface area contributed by atoms with Gasteiger partial charge in [-0.3, -0.25) is 9.80 Å². The molecule has 1 saturated heterocycles. The van der Waals surface area contributed by atoms with E-state index in [-0.39, 0.29) is 0 Å². The lowest BCUT2D eigenvalue weighted by molar-refractivity contribution is 0.233. The normalized spacial score (nSPS) is 16.9. The standard InChI is InChI=1S/C21H25N3O3S/c25-28(26,21-9-2-1-3-10-21)24-13-4-7-19(24)17-22-11-6-12-23(15-14-22)18-20-8-5-16-27-20/h1-5,7-10,13,16H,6,11-12,14-15,17-18H2. The summed E-state index contributed by atoms with van der Waals surface area (Å²) in [5, 5.41) is 0. The smallest absolute Gasteiger partial charge is 0.267 e. The van der Waals surface area contributed by atoms with Crippen LogP contribution in [-0.2, 0) is 23.1 Å². The van der Waals surface area contributed by atoms with Crippen LogP contribution in [0.25, 0.3) is 0 Å². The zero-order valence-electron chi connectivity index (χ0n) is 15.8. The van der Waals surface area contributed by atoms with Crippen molar-refractivity contribution in [2.45, 2.75) is 24.4 Å². The second kappa shape index (κ2) is 8.34. The summed E-state index contributed by atoms with van der Waals surface area (Å²) >= 11 is 0. The van der Waals surface area contributed by atoms with Crippen molar-refractivity contribution in [3.63, 3.8) is 0 Å². The van der Waals surface area contributed by atoms with Gasteiger partial charge in [-0.2, -0.15) is 0 Å². The summed E-state index contributed by atoms with van der Waals surface area (Å²) < 4.78 is 32.8. The van der Waals surface area contributed by atoms with Crippen molar-refractivity contribution in [3.05, 3.63) is 78.5 Å². The van der Waals surface area contributed by atoms with E-state index in [0.29, 0.717) is 11.4 Å². The maximum absolute atomic E-state index is 13.0. The minimum atomic E-state index is -3.56. The van der Waals surface area contributed by atoms with Crippen molar-refractivity contribution in [1.82, 2.24) is 13.8 Å².